The van der Waals surface area contributed by atoms with Gasteiger partial charge in [0.2, 0.25) is 5.91 Å². The molecule has 1 amide bonds. The number of carboxylic acids is 1. The SMILES string of the molecule is [2H]C([2H])(c1ccc(O)c(O)c1)[C@]([2H])(NC(C)=O)C(=O)O. The zero-order valence-electron chi connectivity index (χ0n) is 11.9. The van der Waals surface area contributed by atoms with Crippen LogP contribution >= 0.6 is 0 Å². The molecule has 0 aliphatic heterocycles. The maximum atomic E-state index is 11.2. The first-order valence-electron chi connectivity index (χ1n) is 6.07. The van der Waals surface area contributed by atoms with Crippen LogP contribution in [0, 0.1) is 0 Å². The van der Waals surface area contributed by atoms with E-state index in [0.29, 0.717) is 0 Å². The van der Waals surface area contributed by atoms with Gasteiger partial charge in [-0.2, -0.15) is 0 Å². The van der Waals surface area contributed by atoms with Crippen molar-refractivity contribution in [3.05, 3.63) is 23.8 Å². The minimum Gasteiger partial charge on any atom is -0.504 e. The van der Waals surface area contributed by atoms with Crippen molar-refractivity contribution < 1.29 is 29.0 Å². The quantitative estimate of drug-likeness (QED) is 0.565. The van der Waals surface area contributed by atoms with Crippen LogP contribution in [0.15, 0.2) is 18.2 Å². The van der Waals surface area contributed by atoms with E-state index in [4.69, 9.17) is 14.3 Å². The van der Waals surface area contributed by atoms with Crippen molar-refractivity contribution in [3.63, 3.8) is 0 Å². The molecule has 0 aromatic heterocycles. The minimum absolute atomic E-state index is 0.376. The van der Waals surface area contributed by atoms with Crippen molar-refractivity contribution in [2.45, 2.75) is 19.3 Å². The summed E-state index contributed by atoms with van der Waals surface area (Å²) < 4.78 is 23.3. The fourth-order valence-corrected chi connectivity index (χ4v) is 1.06. The molecule has 0 bridgehead atoms. The predicted octanol–water partition coefficient (Wildman–Crippen LogP) is 0.230. The molecule has 0 unspecified atom stereocenters. The van der Waals surface area contributed by atoms with Gasteiger partial charge in [0.05, 0.1) is 1.37 Å². The molecule has 17 heavy (non-hydrogen) atoms. The van der Waals surface area contributed by atoms with Crippen LogP contribution in [-0.2, 0) is 16.0 Å². The van der Waals surface area contributed by atoms with E-state index in [2.05, 4.69) is 0 Å². The Morgan fingerprint density at radius 2 is 2.12 bits per heavy atom. The van der Waals surface area contributed by atoms with Crippen LogP contribution in [0.3, 0.4) is 0 Å². The monoisotopic (exact) mass is 242 g/mol. The number of hydrogen-bond acceptors (Lipinski definition) is 4. The molecular formula is C11H13NO5. The number of aliphatic carboxylic acids is 1. The van der Waals surface area contributed by atoms with Gasteiger partial charge in [-0.3, -0.25) is 4.79 Å². The van der Waals surface area contributed by atoms with Crippen molar-refractivity contribution in [2.24, 2.45) is 0 Å². The molecule has 0 aliphatic carbocycles. The lowest BCUT2D eigenvalue weighted by Crippen LogP contribution is -2.41. The van der Waals surface area contributed by atoms with Crippen molar-refractivity contribution >= 4 is 11.9 Å². The molecule has 1 atom stereocenters. The summed E-state index contributed by atoms with van der Waals surface area (Å²) in [6.07, 6.45) is -2.85. The number of hydrogen-bond donors (Lipinski definition) is 4. The van der Waals surface area contributed by atoms with Crippen LogP contribution in [0.5, 0.6) is 11.5 Å². The topological polar surface area (TPSA) is 107 Å². The van der Waals surface area contributed by atoms with E-state index >= 15 is 0 Å². The predicted molar refractivity (Wildman–Crippen MR) is 58.7 cm³/mol. The number of carboxylic acid groups (broad SMARTS) is 1. The second-order valence-corrected chi connectivity index (χ2v) is 3.19. The maximum Gasteiger partial charge on any atom is 0.326 e. The highest BCUT2D eigenvalue weighted by atomic mass is 16.4. The van der Waals surface area contributed by atoms with Gasteiger partial charge in [-0.25, -0.2) is 4.79 Å². The Balaban J connectivity index is 3.39. The van der Waals surface area contributed by atoms with E-state index in [0.717, 1.165) is 25.1 Å². The summed E-state index contributed by atoms with van der Waals surface area (Å²) in [6.45, 7) is 0.955. The number of carbonyl (C=O) groups is 2. The average molecular weight is 242 g/mol. The molecule has 0 spiro atoms. The van der Waals surface area contributed by atoms with E-state index in [-0.39, 0.29) is 5.56 Å². The van der Waals surface area contributed by atoms with E-state index < -0.39 is 35.8 Å². The molecule has 0 radical (unpaired) electrons. The zero-order chi connectivity index (χ0) is 15.7. The van der Waals surface area contributed by atoms with Gasteiger partial charge in [0.25, 0.3) is 0 Å². The third-order valence-corrected chi connectivity index (χ3v) is 1.76. The highest BCUT2D eigenvalue weighted by Gasteiger charge is 2.19. The number of phenols is 2. The first-order valence-corrected chi connectivity index (χ1v) is 4.57. The Morgan fingerprint density at radius 3 is 2.59 bits per heavy atom. The summed E-state index contributed by atoms with van der Waals surface area (Å²) in [5.74, 6) is -3.98. The Hall–Kier alpha value is -2.24. The van der Waals surface area contributed by atoms with Crippen molar-refractivity contribution in [1.29, 1.82) is 0 Å². The van der Waals surface area contributed by atoms with Gasteiger partial charge < -0.3 is 20.6 Å². The number of phenolic OH excluding ortho intramolecular Hbond substituents is 2. The molecule has 0 aliphatic rings. The molecule has 0 heterocycles. The number of nitrogens with one attached hydrogen (secondary N) is 1. The maximum absolute atomic E-state index is 11.2. The average Bonchev–Trinajstić information content (AvgIpc) is 2.31. The molecule has 92 valence electrons. The number of rotatable bonds is 4. The normalized spacial score (nSPS) is 17.1. The summed E-state index contributed by atoms with van der Waals surface area (Å²) in [6, 6.07) is -0.215. The fraction of sp³-hybridized carbons (Fsp3) is 0.273. The zero-order valence-corrected chi connectivity index (χ0v) is 8.89. The van der Waals surface area contributed by atoms with E-state index in [1.165, 1.54) is 0 Å². The van der Waals surface area contributed by atoms with Gasteiger partial charge >= 0.3 is 5.97 Å². The summed E-state index contributed by atoms with van der Waals surface area (Å²) in [4.78, 5) is 22.2. The Bertz CT molecular complexity index is 563. The molecule has 1 rings (SSSR count). The van der Waals surface area contributed by atoms with E-state index in [1.807, 2.05) is 0 Å². The van der Waals surface area contributed by atoms with E-state index in [9.17, 15) is 14.7 Å². The van der Waals surface area contributed by atoms with Crippen molar-refractivity contribution in [3.8, 4) is 11.5 Å². The molecule has 4 N–H and O–H groups in total. The summed E-state index contributed by atoms with van der Waals surface area (Å²) >= 11 is 0. The smallest absolute Gasteiger partial charge is 0.326 e. The minimum atomic E-state index is -2.98. The van der Waals surface area contributed by atoms with Crippen LogP contribution in [0.25, 0.3) is 0 Å². The number of carbonyl (C=O) groups excluding carboxylic acids is 1. The van der Waals surface area contributed by atoms with Crippen molar-refractivity contribution in [2.75, 3.05) is 0 Å². The van der Waals surface area contributed by atoms with Gasteiger partial charge in [-0.1, -0.05) is 6.07 Å². The molecule has 6 heteroatoms. The first-order chi connectivity index (χ1) is 9.02. The molecule has 1 aromatic rings. The summed E-state index contributed by atoms with van der Waals surface area (Å²) in [5, 5.41) is 29.3. The molecular weight excluding hydrogens is 226 g/mol. The highest BCUT2D eigenvalue weighted by Crippen LogP contribution is 2.25. The number of aromatic hydroxyl groups is 2. The van der Waals surface area contributed by atoms with Crippen LogP contribution in [0.1, 0.15) is 16.6 Å². The Labute approximate surface area is 102 Å². The Kier molecular flexibility index (Phi) is 2.71. The fourth-order valence-electron chi connectivity index (χ4n) is 1.06. The van der Waals surface area contributed by atoms with Crippen LogP contribution < -0.4 is 5.32 Å². The summed E-state index contributed by atoms with van der Waals surface area (Å²) in [5.41, 5.74) is -0.376. The van der Waals surface area contributed by atoms with Gasteiger partial charge in [0, 0.05) is 16.0 Å². The molecule has 6 nitrogen and oxygen atoms in total. The first kappa shape index (κ1) is 8.86. The Morgan fingerprint density at radius 1 is 1.47 bits per heavy atom. The molecule has 0 saturated carbocycles. The second kappa shape index (κ2) is 5.20. The van der Waals surface area contributed by atoms with Crippen LogP contribution in [0.2, 0.25) is 0 Å². The third-order valence-electron chi connectivity index (χ3n) is 1.76. The lowest BCUT2D eigenvalue weighted by atomic mass is 10.1. The van der Waals surface area contributed by atoms with Gasteiger partial charge in [0.1, 0.15) is 6.02 Å². The molecule has 0 fully saturated rings. The largest absolute Gasteiger partial charge is 0.504 e. The second-order valence-electron chi connectivity index (χ2n) is 3.19. The lowest BCUT2D eigenvalue weighted by molar-refractivity contribution is -0.141. The number of benzene rings is 1. The molecule has 1 aromatic carbocycles. The van der Waals surface area contributed by atoms with Gasteiger partial charge in [0.15, 0.2) is 11.5 Å². The number of amides is 1. The van der Waals surface area contributed by atoms with Crippen molar-refractivity contribution in [1.82, 2.24) is 5.32 Å². The third kappa shape index (κ3) is 3.67. The standard InChI is InChI=1S/C11H13NO5/c1-6(13)12-8(11(16)17)4-7-2-3-9(14)10(15)5-7/h2-3,5,8,14-15H,4H2,1H3,(H,12,13)(H,16,17)/t8-/m0/s1/i4D2,8D. The van der Waals surface area contributed by atoms with Gasteiger partial charge in [-0.05, 0) is 17.7 Å². The highest BCUT2D eigenvalue weighted by molar-refractivity contribution is 5.82. The van der Waals surface area contributed by atoms with Crippen LogP contribution in [-0.4, -0.2) is 33.2 Å². The van der Waals surface area contributed by atoms with Gasteiger partial charge in [-0.15, -0.1) is 0 Å². The summed E-state index contributed by atoms with van der Waals surface area (Å²) in [7, 11) is 0. The lowest BCUT2D eigenvalue weighted by Gasteiger charge is -2.13. The van der Waals surface area contributed by atoms with E-state index in [1.54, 1.807) is 5.32 Å². The van der Waals surface area contributed by atoms with Crippen LogP contribution in [0.4, 0.5) is 0 Å². The molecule has 0 saturated heterocycles.